The lowest BCUT2D eigenvalue weighted by atomic mass is 10.1. The molecule has 2 rings (SSSR count). The molecule has 2 aromatic carbocycles. The zero-order valence-corrected chi connectivity index (χ0v) is 10.0. The van der Waals surface area contributed by atoms with Crippen molar-refractivity contribution < 1.29 is 19.4 Å². The lowest BCUT2D eigenvalue weighted by Crippen LogP contribution is -2.19. The maximum absolute atomic E-state index is 11.8. The van der Waals surface area contributed by atoms with Gasteiger partial charge in [0.25, 0.3) is 0 Å². The minimum absolute atomic E-state index is 0.324. The van der Waals surface area contributed by atoms with Crippen LogP contribution < -0.4 is 0 Å². The van der Waals surface area contributed by atoms with E-state index >= 15 is 0 Å². The van der Waals surface area contributed by atoms with Crippen LogP contribution in [0.25, 0.3) is 0 Å². The van der Waals surface area contributed by atoms with Crippen LogP contribution in [0.15, 0.2) is 60.7 Å². The molecule has 1 N–H and O–H groups in total. The Morgan fingerprint density at radius 1 is 0.895 bits per heavy atom. The summed E-state index contributed by atoms with van der Waals surface area (Å²) in [6.45, 7) is 0. The third-order valence-corrected chi connectivity index (χ3v) is 2.56. The number of hydrogen-bond donors (Lipinski definition) is 1. The first-order chi connectivity index (χ1) is 9.18. The second kappa shape index (κ2) is 5.82. The number of carbonyl (C=O) groups excluding carboxylic acids is 1. The Hall–Kier alpha value is -2.62. The number of carbonyl (C=O) groups is 2. The highest BCUT2D eigenvalue weighted by molar-refractivity contribution is 5.91. The largest absolute Gasteiger partial charge is 0.478 e. The van der Waals surface area contributed by atoms with Gasteiger partial charge < -0.3 is 9.84 Å². The molecule has 0 saturated carbocycles. The maximum atomic E-state index is 11.8. The second-order valence-corrected chi connectivity index (χ2v) is 3.90. The minimum Gasteiger partial charge on any atom is -0.478 e. The summed E-state index contributed by atoms with van der Waals surface area (Å²) in [5.41, 5.74) is 0.754. The molecule has 0 bridgehead atoms. The smallest absolute Gasteiger partial charge is 0.349 e. The van der Waals surface area contributed by atoms with Gasteiger partial charge in [-0.15, -0.1) is 0 Å². The summed E-state index contributed by atoms with van der Waals surface area (Å²) in [7, 11) is 0. The van der Waals surface area contributed by atoms with Crippen LogP contribution in [-0.2, 0) is 9.53 Å². The zero-order chi connectivity index (χ0) is 13.7. The molecule has 4 heteroatoms. The van der Waals surface area contributed by atoms with Crippen molar-refractivity contribution in [2.24, 2.45) is 0 Å². The Kier molecular flexibility index (Phi) is 3.93. The van der Waals surface area contributed by atoms with Crippen molar-refractivity contribution in [3.05, 3.63) is 71.8 Å². The second-order valence-electron chi connectivity index (χ2n) is 3.90. The van der Waals surface area contributed by atoms with Crippen LogP contribution in [0.5, 0.6) is 0 Å². The average Bonchev–Trinajstić information content (AvgIpc) is 2.46. The van der Waals surface area contributed by atoms with Crippen LogP contribution >= 0.6 is 0 Å². The normalized spacial score (nSPS) is 11.6. The molecule has 0 aromatic heterocycles. The topological polar surface area (TPSA) is 63.6 Å². The number of aliphatic carboxylic acids is 1. The summed E-state index contributed by atoms with van der Waals surface area (Å²) < 4.78 is 5.05. The summed E-state index contributed by atoms with van der Waals surface area (Å²) in [5, 5.41) is 9.15. The van der Waals surface area contributed by atoms with Gasteiger partial charge in [0.2, 0.25) is 6.10 Å². The quantitative estimate of drug-likeness (QED) is 0.854. The summed E-state index contributed by atoms with van der Waals surface area (Å²) in [6, 6.07) is 16.7. The molecule has 0 saturated heterocycles. The molecule has 0 heterocycles. The molecular weight excluding hydrogens is 244 g/mol. The molecule has 19 heavy (non-hydrogen) atoms. The SMILES string of the molecule is O=C(O[C@H](C(=O)O)c1ccccc1)c1ccccc1. The van der Waals surface area contributed by atoms with Gasteiger partial charge in [0, 0.05) is 5.56 Å². The van der Waals surface area contributed by atoms with E-state index in [-0.39, 0.29) is 0 Å². The molecule has 0 radical (unpaired) electrons. The molecule has 2 aromatic rings. The Bertz CT molecular complexity index is 563. The van der Waals surface area contributed by atoms with E-state index < -0.39 is 18.0 Å². The van der Waals surface area contributed by atoms with E-state index in [4.69, 9.17) is 9.84 Å². The predicted molar refractivity (Wildman–Crippen MR) is 68.7 cm³/mol. The van der Waals surface area contributed by atoms with Crippen molar-refractivity contribution in [2.75, 3.05) is 0 Å². The number of carboxylic acids is 1. The fraction of sp³-hybridized carbons (Fsp3) is 0.0667. The van der Waals surface area contributed by atoms with Gasteiger partial charge in [-0.05, 0) is 12.1 Å². The molecule has 1 atom stereocenters. The van der Waals surface area contributed by atoms with E-state index in [9.17, 15) is 9.59 Å². The molecule has 0 aliphatic rings. The number of carboxylic acid groups (broad SMARTS) is 1. The van der Waals surface area contributed by atoms with Crippen LogP contribution in [-0.4, -0.2) is 17.0 Å². The highest BCUT2D eigenvalue weighted by Gasteiger charge is 2.24. The number of benzene rings is 2. The molecule has 96 valence electrons. The molecular formula is C15H12O4. The fourth-order valence-corrected chi connectivity index (χ4v) is 1.64. The Morgan fingerprint density at radius 2 is 1.42 bits per heavy atom. The van der Waals surface area contributed by atoms with Crippen molar-refractivity contribution in [3.8, 4) is 0 Å². The molecule has 0 aliphatic heterocycles. The number of esters is 1. The van der Waals surface area contributed by atoms with Crippen molar-refractivity contribution in [3.63, 3.8) is 0 Å². The van der Waals surface area contributed by atoms with Gasteiger partial charge in [-0.2, -0.15) is 0 Å². The summed E-state index contributed by atoms with van der Waals surface area (Å²) in [6.07, 6.45) is -1.30. The first kappa shape index (κ1) is 12.8. The van der Waals surface area contributed by atoms with Gasteiger partial charge in [0.1, 0.15) is 0 Å². The molecule has 4 nitrogen and oxygen atoms in total. The monoisotopic (exact) mass is 256 g/mol. The van der Waals surface area contributed by atoms with Crippen molar-refractivity contribution >= 4 is 11.9 Å². The van der Waals surface area contributed by atoms with E-state index in [2.05, 4.69) is 0 Å². The molecule has 0 amide bonds. The highest BCUT2D eigenvalue weighted by atomic mass is 16.6. The van der Waals surface area contributed by atoms with Crippen LogP contribution in [0.3, 0.4) is 0 Å². The summed E-state index contributed by atoms with van der Waals surface area (Å²) in [4.78, 5) is 23.0. The predicted octanol–water partition coefficient (Wildman–Crippen LogP) is 2.67. The van der Waals surface area contributed by atoms with E-state index in [1.54, 1.807) is 60.7 Å². The van der Waals surface area contributed by atoms with Crippen LogP contribution in [0, 0.1) is 0 Å². The molecule has 0 spiro atoms. The zero-order valence-electron chi connectivity index (χ0n) is 10.0. The van der Waals surface area contributed by atoms with Gasteiger partial charge in [-0.25, -0.2) is 9.59 Å². The van der Waals surface area contributed by atoms with Gasteiger partial charge in [-0.3, -0.25) is 0 Å². The summed E-state index contributed by atoms with van der Waals surface area (Å²) in [5.74, 6) is -1.85. The Balaban J connectivity index is 2.19. The Morgan fingerprint density at radius 3 is 1.95 bits per heavy atom. The third kappa shape index (κ3) is 3.19. The minimum atomic E-state index is -1.30. The van der Waals surface area contributed by atoms with Crippen LogP contribution in [0.1, 0.15) is 22.0 Å². The van der Waals surface area contributed by atoms with Gasteiger partial charge in [0.05, 0.1) is 5.56 Å². The van der Waals surface area contributed by atoms with E-state index in [0.717, 1.165) is 0 Å². The van der Waals surface area contributed by atoms with Crippen molar-refractivity contribution in [1.82, 2.24) is 0 Å². The molecule has 0 unspecified atom stereocenters. The number of ether oxygens (including phenoxy) is 1. The summed E-state index contributed by atoms with van der Waals surface area (Å²) >= 11 is 0. The fourth-order valence-electron chi connectivity index (χ4n) is 1.64. The molecule has 0 fully saturated rings. The van der Waals surface area contributed by atoms with Crippen LogP contribution in [0.4, 0.5) is 0 Å². The van der Waals surface area contributed by atoms with Crippen LogP contribution in [0.2, 0.25) is 0 Å². The van der Waals surface area contributed by atoms with Gasteiger partial charge >= 0.3 is 11.9 Å². The van der Waals surface area contributed by atoms with E-state index in [0.29, 0.717) is 11.1 Å². The Labute approximate surface area is 110 Å². The first-order valence-corrected chi connectivity index (χ1v) is 5.72. The van der Waals surface area contributed by atoms with Crippen molar-refractivity contribution in [2.45, 2.75) is 6.10 Å². The van der Waals surface area contributed by atoms with Gasteiger partial charge in [-0.1, -0.05) is 48.5 Å². The lowest BCUT2D eigenvalue weighted by Gasteiger charge is -2.13. The lowest BCUT2D eigenvalue weighted by molar-refractivity contribution is -0.147. The maximum Gasteiger partial charge on any atom is 0.349 e. The standard InChI is InChI=1S/C15H12O4/c16-14(17)13(11-7-3-1-4-8-11)19-15(18)12-9-5-2-6-10-12/h1-10,13H,(H,16,17)/t13-/m0/s1. The molecule has 0 aliphatic carbocycles. The highest BCUT2D eigenvalue weighted by Crippen LogP contribution is 2.19. The van der Waals surface area contributed by atoms with E-state index in [1.165, 1.54) is 0 Å². The average molecular weight is 256 g/mol. The number of hydrogen-bond acceptors (Lipinski definition) is 3. The number of rotatable bonds is 4. The van der Waals surface area contributed by atoms with E-state index in [1.807, 2.05) is 0 Å². The van der Waals surface area contributed by atoms with Gasteiger partial charge in [0.15, 0.2) is 0 Å². The van der Waals surface area contributed by atoms with Crippen molar-refractivity contribution in [1.29, 1.82) is 0 Å². The third-order valence-electron chi connectivity index (χ3n) is 2.56. The first-order valence-electron chi connectivity index (χ1n) is 5.72.